The molecule has 0 bridgehead atoms. The average Bonchev–Trinajstić information content (AvgIpc) is 2.85. The molecule has 0 amide bonds. The molecule has 1 aromatic heterocycles. The fourth-order valence-corrected chi connectivity index (χ4v) is 4.67. The van der Waals surface area contributed by atoms with E-state index < -0.39 is 0 Å². The second-order valence-electron chi connectivity index (χ2n) is 8.00. The number of piperidine rings is 1. The first-order chi connectivity index (χ1) is 15.8. The Morgan fingerprint density at radius 2 is 1.67 bits per heavy atom. The second-order valence-corrected chi connectivity index (χ2v) is 9.15. The molecule has 0 saturated carbocycles. The Morgan fingerprint density at radius 1 is 0.970 bits per heavy atom. The predicted octanol–water partition coefficient (Wildman–Crippen LogP) is 5.18. The highest BCUT2D eigenvalue weighted by molar-refractivity contribution is 14.0. The zero-order chi connectivity index (χ0) is 22.0. The maximum absolute atomic E-state index is 4.45. The summed E-state index contributed by atoms with van der Waals surface area (Å²) >= 11 is 1.78. The van der Waals surface area contributed by atoms with Crippen molar-refractivity contribution in [3.05, 3.63) is 90.3 Å². The maximum Gasteiger partial charge on any atom is 0.191 e. The van der Waals surface area contributed by atoms with E-state index >= 15 is 0 Å². The lowest BCUT2D eigenvalue weighted by atomic mass is 10.0. The maximum atomic E-state index is 4.45. The van der Waals surface area contributed by atoms with Crippen LogP contribution in [-0.4, -0.2) is 42.0 Å². The van der Waals surface area contributed by atoms with E-state index in [1.165, 1.54) is 15.4 Å². The number of aromatic nitrogens is 1. The highest BCUT2D eigenvalue weighted by Gasteiger charge is 2.20. The van der Waals surface area contributed by atoms with Gasteiger partial charge in [0.15, 0.2) is 5.96 Å². The molecule has 2 N–H and O–H groups in total. The first-order valence-electron chi connectivity index (χ1n) is 11.2. The highest BCUT2D eigenvalue weighted by atomic mass is 127. The third-order valence-corrected chi connectivity index (χ3v) is 6.64. The van der Waals surface area contributed by atoms with Crippen LogP contribution >= 0.6 is 35.7 Å². The number of benzene rings is 2. The fraction of sp³-hybridized carbons (Fsp3) is 0.308. The minimum absolute atomic E-state index is 0. The molecule has 5 nitrogen and oxygen atoms in total. The number of pyridine rings is 1. The summed E-state index contributed by atoms with van der Waals surface area (Å²) < 4.78 is 0. The Labute approximate surface area is 218 Å². The largest absolute Gasteiger partial charge is 0.354 e. The van der Waals surface area contributed by atoms with Crippen LogP contribution in [-0.2, 0) is 13.1 Å². The van der Waals surface area contributed by atoms with Crippen LogP contribution in [0.1, 0.15) is 24.1 Å². The molecule has 2 heterocycles. The van der Waals surface area contributed by atoms with Crippen molar-refractivity contribution in [1.29, 1.82) is 0 Å². The van der Waals surface area contributed by atoms with Crippen LogP contribution in [0.4, 0.5) is 0 Å². The van der Waals surface area contributed by atoms with Gasteiger partial charge in [-0.1, -0.05) is 48.2 Å². The lowest BCUT2D eigenvalue weighted by molar-refractivity contribution is 0.196. The first kappa shape index (κ1) is 25.5. The SMILES string of the molecule is CN=C(NCc1ccc(Sc2ccccc2)cc1)NC1CCN(Cc2ccccn2)CC1.I. The number of hydrogen-bond donors (Lipinski definition) is 2. The molecule has 3 aromatic rings. The Hall–Kier alpha value is -2.10. The number of halogens is 1. The molecule has 4 rings (SSSR count). The molecule has 1 aliphatic rings. The van der Waals surface area contributed by atoms with Crippen molar-refractivity contribution >= 4 is 41.7 Å². The summed E-state index contributed by atoms with van der Waals surface area (Å²) in [4.78, 5) is 13.9. The van der Waals surface area contributed by atoms with Gasteiger partial charge in [-0.05, 0) is 54.8 Å². The molecule has 2 aromatic carbocycles. The van der Waals surface area contributed by atoms with Crippen molar-refractivity contribution in [2.24, 2.45) is 4.99 Å². The Balaban J connectivity index is 0.00000306. The molecular formula is C26H32IN5S. The van der Waals surface area contributed by atoms with E-state index in [0.717, 1.165) is 50.7 Å². The Bertz CT molecular complexity index is 975. The van der Waals surface area contributed by atoms with Crippen LogP contribution in [0.25, 0.3) is 0 Å². The minimum Gasteiger partial charge on any atom is -0.354 e. The quantitative estimate of drug-likeness (QED) is 0.232. The lowest BCUT2D eigenvalue weighted by Gasteiger charge is -2.32. The second kappa shape index (κ2) is 13.6. The molecule has 0 aliphatic carbocycles. The van der Waals surface area contributed by atoms with Gasteiger partial charge in [0.25, 0.3) is 0 Å². The van der Waals surface area contributed by atoms with E-state index in [1.54, 1.807) is 11.8 Å². The van der Waals surface area contributed by atoms with Crippen LogP contribution in [0, 0.1) is 0 Å². The molecule has 33 heavy (non-hydrogen) atoms. The summed E-state index contributed by atoms with van der Waals surface area (Å²) in [6.45, 7) is 3.84. The number of likely N-dealkylation sites (tertiary alicyclic amines) is 1. The zero-order valence-corrected chi connectivity index (χ0v) is 22.1. The van der Waals surface area contributed by atoms with Crippen molar-refractivity contribution in [3.63, 3.8) is 0 Å². The van der Waals surface area contributed by atoms with Gasteiger partial charge in [0.2, 0.25) is 0 Å². The van der Waals surface area contributed by atoms with Crippen LogP contribution in [0.3, 0.4) is 0 Å². The van der Waals surface area contributed by atoms with Gasteiger partial charge >= 0.3 is 0 Å². The summed E-state index contributed by atoms with van der Waals surface area (Å²) in [5.41, 5.74) is 2.39. The van der Waals surface area contributed by atoms with Crippen LogP contribution in [0.15, 0.2) is 93.8 Å². The molecule has 174 valence electrons. The van der Waals surface area contributed by atoms with E-state index in [1.807, 2.05) is 25.4 Å². The van der Waals surface area contributed by atoms with E-state index in [0.29, 0.717) is 6.04 Å². The Morgan fingerprint density at radius 3 is 2.33 bits per heavy atom. The van der Waals surface area contributed by atoms with Gasteiger partial charge in [0, 0.05) is 55.3 Å². The molecule has 0 radical (unpaired) electrons. The van der Waals surface area contributed by atoms with Crippen molar-refractivity contribution in [1.82, 2.24) is 20.5 Å². The molecule has 1 saturated heterocycles. The molecule has 1 fully saturated rings. The summed E-state index contributed by atoms with van der Waals surface area (Å²) in [6, 6.07) is 25.8. The van der Waals surface area contributed by atoms with Gasteiger partial charge in [-0.25, -0.2) is 0 Å². The van der Waals surface area contributed by atoms with E-state index in [2.05, 4.69) is 86.2 Å². The predicted molar refractivity (Wildman–Crippen MR) is 148 cm³/mol. The summed E-state index contributed by atoms with van der Waals surface area (Å²) in [5, 5.41) is 7.06. The fourth-order valence-electron chi connectivity index (χ4n) is 3.83. The van der Waals surface area contributed by atoms with Crippen molar-refractivity contribution in [2.75, 3.05) is 20.1 Å². The zero-order valence-electron chi connectivity index (χ0n) is 19.0. The van der Waals surface area contributed by atoms with Crippen molar-refractivity contribution in [3.8, 4) is 0 Å². The topological polar surface area (TPSA) is 52.6 Å². The number of nitrogens with one attached hydrogen (secondary N) is 2. The number of hydrogen-bond acceptors (Lipinski definition) is 4. The van der Waals surface area contributed by atoms with Crippen LogP contribution in [0.5, 0.6) is 0 Å². The summed E-state index contributed by atoms with van der Waals surface area (Å²) in [5.74, 6) is 0.871. The van der Waals surface area contributed by atoms with E-state index in [4.69, 9.17) is 0 Å². The standard InChI is InChI=1S/C26H31N5S.HI/c1-27-26(30-22-14-17-31(18-15-22)20-23-7-5-6-16-28-23)29-19-21-10-12-25(13-11-21)32-24-8-3-2-4-9-24;/h2-13,16,22H,14-15,17-20H2,1H3,(H2,27,29,30);1H. The minimum atomic E-state index is 0. The number of nitrogens with zero attached hydrogens (tertiary/aromatic N) is 3. The van der Waals surface area contributed by atoms with Gasteiger partial charge in [-0.3, -0.25) is 14.9 Å². The van der Waals surface area contributed by atoms with Gasteiger partial charge in [0.1, 0.15) is 0 Å². The highest BCUT2D eigenvalue weighted by Crippen LogP contribution is 2.27. The van der Waals surface area contributed by atoms with Crippen molar-refractivity contribution < 1.29 is 0 Å². The number of guanidine groups is 1. The van der Waals surface area contributed by atoms with Crippen LogP contribution < -0.4 is 10.6 Å². The normalized spacial score (nSPS) is 15.0. The lowest BCUT2D eigenvalue weighted by Crippen LogP contribution is -2.48. The third kappa shape index (κ3) is 8.32. The molecule has 0 spiro atoms. The number of aliphatic imine (C=N–C) groups is 1. The van der Waals surface area contributed by atoms with Crippen molar-refractivity contribution in [2.45, 2.75) is 41.8 Å². The molecule has 0 unspecified atom stereocenters. The smallest absolute Gasteiger partial charge is 0.191 e. The average molecular weight is 574 g/mol. The van der Waals surface area contributed by atoms with Gasteiger partial charge in [0.05, 0.1) is 5.69 Å². The van der Waals surface area contributed by atoms with Gasteiger partial charge < -0.3 is 10.6 Å². The molecule has 1 aliphatic heterocycles. The summed E-state index contributed by atoms with van der Waals surface area (Å²) in [6.07, 6.45) is 4.09. The monoisotopic (exact) mass is 573 g/mol. The third-order valence-electron chi connectivity index (χ3n) is 5.63. The molecule has 7 heteroatoms. The van der Waals surface area contributed by atoms with E-state index in [-0.39, 0.29) is 24.0 Å². The summed E-state index contributed by atoms with van der Waals surface area (Å²) in [7, 11) is 1.84. The van der Waals surface area contributed by atoms with Gasteiger partial charge in [-0.15, -0.1) is 24.0 Å². The van der Waals surface area contributed by atoms with Crippen LogP contribution in [0.2, 0.25) is 0 Å². The first-order valence-corrected chi connectivity index (χ1v) is 12.0. The number of rotatable bonds is 7. The van der Waals surface area contributed by atoms with Gasteiger partial charge in [-0.2, -0.15) is 0 Å². The van der Waals surface area contributed by atoms with E-state index in [9.17, 15) is 0 Å². The molecule has 0 atom stereocenters. The Kier molecular flexibility index (Phi) is 10.5. The molecular weight excluding hydrogens is 541 g/mol.